The second-order valence-electron chi connectivity index (χ2n) is 6.09. The normalized spacial score (nSPS) is 38.7. The molecule has 0 aliphatic carbocycles. The molecule has 0 radical (unpaired) electrons. The van der Waals surface area contributed by atoms with Crippen LogP contribution in [0.3, 0.4) is 0 Å². The van der Waals surface area contributed by atoms with Gasteiger partial charge in [-0.25, -0.2) is 13.1 Å². The van der Waals surface area contributed by atoms with E-state index in [1.54, 1.807) is 0 Å². The molecule has 3 rings (SSSR count). The lowest BCUT2D eigenvalue weighted by Gasteiger charge is -2.24. The molecule has 0 aromatic carbocycles. The van der Waals surface area contributed by atoms with E-state index in [2.05, 4.69) is 10.0 Å². The third kappa shape index (κ3) is 3.48. The highest BCUT2D eigenvalue weighted by atomic mass is 32.2. The zero-order valence-electron chi connectivity index (χ0n) is 11.3. The van der Waals surface area contributed by atoms with E-state index in [4.69, 9.17) is 4.74 Å². The van der Waals surface area contributed by atoms with Gasteiger partial charge >= 0.3 is 0 Å². The van der Waals surface area contributed by atoms with Gasteiger partial charge in [0.15, 0.2) is 0 Å². The summed E-state index contributed by atoms with van der Waals surface area (Å²) in [6, 6.07) is 0.393. The summed E-state index contributed by atoms with van der Waals surface area (Å²) in [6.45, 7) is 1.03. The predicted octanol–water partition coefficient (Wildman–Crippen LogP) is 0.758. The Kier molecular flexibility index (Phi) is 4.12. The summed E-state index contributed by atoms with van der Waals surface area (Å²) in [5.74, 6) is 0.235. The highest BCUT2D eigenvalue weighted by Gasteiger charge is 2.42. The first-order valence-corrected chi connectivity index (χ1v) is 9.16. The number of hydrogen-bond acceptors (Lipinski definition) is 4. The Morgan fingerprint density at radius 2 is 2.11 bits per heavy atom. The van der Waals surface area contributed by atoms with Crippen LogP contribution in [0.4, 0.5) is 0 Å². The average molecular weight is 288 g/mol. The highest BCUT2D eigenvalue weighted by Crippen LogP contribution is 2.34. The number of rotatable bonds is 5. The van der Waals surface area contributed by atoms with Crippen LogP contribution in [-0.4, -0.2) is 45.0 Å². The molecular weight excluding hydrogens is 264 g/mol. The Morgan fingerprint density at radius 1 is 1.21 bits per heavy atom. The molecule has 5 nitrogen and oxygen atoms in total. The fourth-order valence-electron chi connectivity index (χ4n) is 3.52. The Morgan fingerprint density at radius 3 is 2.74 bits per heavy atom. The Hall–Kier alpha value is -0.170. The van der Waals surface area contributed by atoms with E-state index in [0.29, 0.717) is 6.04 Å². The smallest absolute Gasteiger partial charge is 0.211 e. The summed E-state index contributed by atoms with van der Waals surface area (Å²) < 4.78 is 32.8. The third-order valence-electron chi connectivity index (χ3n) is 4.58. The number of nitrogens with one attached hydrogen (secondary N) is 2. The molecule has 0 aromatic rings. The van der Waals surface area contributed by atoms with E-state index in [1.165, 1.54) is 12.8 Å². The zero-order valence-corrected chi connectivity index (χ0v) is 12.1. The molecule has 3 saturated heterocycles. The molecule has 3 fully saturated rings. The van der Waals surface area contributed by atoms with E-state index in [9.17, 15) is 8.42 Å². The molecule has 3 aliphatic rings. The average Bonchev–Trinajstić information content (AvgIpc) is 2.99. The van der Waals surface area contributed by atoms with Crippen molar-refractivity contribution in [1.29, 1.82) is 0 Å². The van der Waals surface area contributed by atoms with Gasteiger partial charge in [-0.05, 0) is 45.1 Å². The predicted molar refractivity (Wildman–Crippen MR) is 73.5 cm³/mol. The SMILES string of the molecule is O=S(=O)(CCC1CCCCN1)NC1CC2CCC1O2. The molecule has 0 spiro atoms. The van der Waals surface area contributed by atoms with E-state index < -0.39 is 10.0 Å². The van der Waals surface area contributed by atoms with Crippen molar-refractivity contribution >= 4 is 10.0 Å². The van der Waals surface area contributed by atoms with Crippen LogP contribution in [0, 0.1) is 0 Å². The second-order valence-corrected chi connectivity index (χ2v) is 7.96. The van der Waals surface area contributed by atoms with Crippen molar-refractivity contribution < 1.29 is 13.2 Å². The fourth-order valence-corrected chi connectivity index (χ4v) is 4.94. The Labute approximate surface area is 115 Å². The molecule has 2 bridgehead atoms. The summed E-state index contributed by atoms with van der Waals surface area (Å²) in [4.78, 5) is 0. The molecule has 2 N–H and O–H groups in total. The fraction of sp³-hybridized carbons (Fsp3) is 1.00. The maximum atomic E-state index is 12.1. The molecule has 0 aromatic heterocycles. The summed E-state index contributed by atoms with van der Waals surface area (Å²) in [5, 5.41) is 3.40. The number of ether oxygens (including phenoxy) is 1. The summed E-state index contributed by atoms with van der Waals surface area (Å²) in [7, 11) is -3.16. The van der Waals surface area contributed by atoms with Crippen LogP contribution in [0.2, 0.25) is 0 Å². The summed E-state index contributed by atoms with van der Waals surface area (Å²) in [6.07, 6.45) is 7.60. The molecule has 4 unspecified atom stereocenters. The van der Waals surface area contributed by atoms with Gasteiger partial charge in [-0.1, -0.05) is 6.42 Å². The molecule has 0 amide bonds. The molecule has 6 heteroatoms. The lowest BCUT2D eigenvalue weighted by Crippen LogP contribution is -2.43. The number of piperidine rings is 1. The monoisotopic (exact) mass is 288 g/mol. The second kappa shape index (κ2) is 5.68. The van der Waals surface area contributed by atoms with Crippen LogP contribution in [0.5, 0.6) is 0 Å². The van der Waals surface area contributed by atoms with Crippen molar-refractivity contribution in [2.75, 3.05) is 12.3 Å². The lowest BCUT2D eigenvalue weighted by atomic mass is 9.96. The first kappa shape index (κ1) is 13.8. The van der Waals surface area contributed by atoms with Crippen molar-refractivity contribution in [2.24, 2.45) is 0 Å². The van der Waals surface area contributed by atoms with Crippen molar-refractivity contribution in [1.82, 2.24) is 10.0 Å². The molecule has 3 aliphatic heterocycles. The largest absolute Gasteiger partial charge is 0.373 e. The maximum Gasteiger partial charge on any atom is 0.211 e. The molecule has 110 valence electrons. The first-order valence-electron chi connectivity index (χ1n) is 7.51. The third-order valence-corrected chi connectivity index (χ3v) is 6.02. The molecular formula is C13H24N2O3S. The molecule has 3 heterocycles. The maximum absolute atomic E-state index is 12.1. The minimum atomic E-state index is -3.16. The van der Waals surface area contributed by atoms with Crippen molar-refractivity contribution in [3.63, 3.8) is 0 Å². The Balaban J connectivity index is 1.46. The minimum absolute atomic E-state index is 0.0167. The van der Waals surface area contributed by atoms with E-state index in [1.807, 2.05) is 0 Å². The zero-order chi connectivity index (χ0) is 13.3. The van der Waals surface area contributed by atoms with E-state index in [-0.39, 0.29) is 24.0 Å². The van der Waals surface area contributed by atoms with Crippen molar-refractivity contribution in [2.45, 2.75) is 69.2 Å². The lowest BCUT2D eigenvalue weighted by molar-refractivity contribution is 0.0996. The highest BCUT2D eigenvalue weighted by molar-refractivity contribution is 7.89. The van der Waals surface area contributed by atoms with Gasteiger partial charge in [0, 0.05) is 6.04 Å². The molecule has 0 saturated carbocycles. The van der Waals surface area contributed by atoms with Gasteiger partial charge in [-0.15, -0.1) is 0 Å². The quantitative estimate of drug-likeness (QED) is 0.784. The van der Waals surface area contributed by atoms with Crippen LogP contribution >= 0.6 is 0 Å². The van der Waals surface area contributed by atoms with Crippen LogP contribution < -0.4 is 10.0 Å². The number of sulfonamides is 1. The van der Waals surface area contributed by atoms with Gasteiger partial charge in [-0.3, -0.25) is 0 Å². The van der Waals surface area contributed by atoms with Crippen LogP contribution in [-0.2, 0) is 14.8 Å². The van der Waals surface area contributed by atoms with Crippen LogP contribution in [0.25, 0.3) is 0 Å². The van der Waals surface area contributed by atoms with E-state index >= 15 is 0 Å². The van der Waals surface area contributed by atoms with Gasteiger partial charge < -0.3 is 10.1 Å². The molecule has 19 heavy (non-hydrogen) atoms. The first-order chi connectivity index (χ1) is 9.12. The topological polar surface area (TPSA) is 67.4 Å². The number of hydrogen-bond donors (Lipinski definition) is 2. The van der Waals surface area contributed by atoms with Gasteiger partial charge in [-0.2, -0.15) is 0 Å². The van der Waals surface area contributed by atoms with Crippen LogP contribution in [0.15, 0.2) is 0 Å². The van der Waals surface area contributed by atoms with Crippen molar-refractivity contribution in [3.8, 4) is 0 Å². The Bertz CT molecular complexity index is 406. The summed E-state index contributed by atoms with van der Waals surface area (Å²) >= 11 is 0. The van der Waals surface area contributed by atoms with E-state index in [0.717, 1.165) is 38.6 Å². The van der Waals surface area contributed by atoms with Gasteiger partial charge in [0.2, 0.25) is 10.0 Å². The van der Waals surface area contributed by atoms with Gasteiger partial charge in [0.25, 0.3) is 0 Å². The minimum Gasteiger partial charge on any atom is -0.373 e. The van der Waals surface area contributed by atoms with Crippen LogP contribution in [0.1, 0.15) is 44.9 Å². The van der Waals surface area contributed by atoms with Crippen molar-refractivity contribution in [3.05, 3.63) is 0 Å². The standard InChI is InChI=1S/C13H24N2O3S/c16-19(17,8-6-10-3-1-2-7-14-10)15-12-9-11-4-5-13(12)18-11/h10-15H,1-9H2. The molecule has 4 atom stereocenters. The summed E-state index contributed by atoms with van der Waals surface area (Å²) in [5.41, 5.74) is 0. The number of fused-ring (bicyclic) bond motifs is 2. The van der Waals surface area contributed by atoms with Gasteiger partial charge in [0.1, 0.15) is 0 Å². The van der Waals surface area contributed by atoms with Gasteiger partial charge in [0.05, 0.1) is 24.0 Å².